The summed E-state index contributed by atoms with van der Waals surface area (Å²) in [5, 5.41) is 23.8. The van der Waals surface area contributed by atoms with Gasteiger partial charge in [0, 0.05) is 6.54 Å². The number of allylic oxidation sites excluding steroid dienone is 3. The highest BCUT2D eigenvalue weighted by atomic mass is 31.2. The highest BCUT2D eigenvalue weighted by molar-refractivity contribution is 7.47. The number of unbranched alkanes of at least 4 members (excludes halogenated alkanes) is 16. The SMILES string of the molecule is CCCC/C=C\CCCCCC(O)CC(=O)NC(COP(=O)(O)OCCN)C(O)/C=C/CCCCCCCCCCCCC. The predicted molar refractivity (Wildman–Crippen MR) is 181 cm³/mol. The fourth-order valence-electron chi connectivity index (χ4n) is 4.86. The van der Waals surface area contributed by atoms with Crippen LogP contribution in [0.4, 0.5) is 0 Å². The van der Waals surface area contributed by atoms with Crippen LogP contribution in [0.2, 0.25) is 0 Å². The van der Waals surface area contributed by atoms with Crippen molar-refractivity contribution in [3.63, 3.8) is 0 Å². The summed E-state index contributed by atoms with van der Waals surface area (Å²) >= 11 is 0. The highest BCUT2D eigenvalue weighted by Gasteiger charge is 2.27. The summed E-state index contributed by atoms with van der Waals surface area (Å²) in [7, 11) is -4.39. The van der Waals surface area contributed by atoms with E-state index in [4.69, 9.17) is 14.8 Å². The summed E-state index contributed by atoms with van der Waals surface area (Å²) in [5.74, 6) is -0.460. The van der Waals surface area contributed by atoms with Gasteiger partial charge in [0.25, 0.3) is 0 Å². The van der Waals surface area contributed by atoms with E-state index in [1.807, 2.05) is 6.08 Å². The van der Waals surface area contributed by atoms with Crippen LogP contribution in [0.5, 0.6) is 0 Å². The zero-order valence-corrected chi connectivity index (χ0v) is 28.9. The molecular weight excluding hydrogens is 579 g/mol. The summed E-state index contributed by atoms with van der Waals surface area (Å²) in [6.45, 7) is 3.87. The Morgan fingerprint density at radius 2 is 1.30 bits per heavy atom. The second-order valence-electron chi connectivity index (χ2n) is 11.9. The number of nitrogens with one attached hydrogen (secondary N) is 1. The molecule has 0 heterocycles. The number of aliphatic hydroxyl groups is 2. The molecule has 10 heteroatoms. The number of amides is 1. The summed E-state index contributed by atoms with van der Waals surface area (Å²) in [6.07, 6.45) is 28.4. The van der Waals surface area contributed by atoms with E-state index in [1.54, 1.807) is 6.08 Å². The number of phosphoric ester groups is 1. The molecule has 1 amide bonds. The summed E-state index contributed by atoms with van der Waals surface area (Å²) in [5.41, 5.74) is 5.33. The van der Waals surface area contributed by atoms with E-state index in [2.05, 4.69) is 31.3 Å². The number of carbonyl (C=O) groups excluding carboxylic acids is 1. The first-order chi connectivity index (χ1) is 21.3. The van der Waals surface area contributed by atoms with Gasteiger partial charge in [0.1, 0.15) is 0 Å². The lowest BCUT2D eigenvalue weighted by atomic mass is 10.0. The van der Waals surface area contributed by atoms with E-state index in [-0.39, 0.29) is 19.6 Å². The van der Waals surface area contributed by atoms with Crippen LogP contribution in [-0.4, -0.2) is 59.0 Å². The molecule has 0 aliphatic rings. The molecule has 0 spiro atoms. The largest absolute Gasteiger partial charge is 0.472 e. The number of carbonyl (C=O) groups is 1. The Kier molecular flexibility index (Phi) is 29.8. The summed E-state index contributed by atoms with van der Waals surface area (Å²) in [6, 6.07) is -0.982. The van der Waals surface area contributed by atoms with Crippen LogP contribution in [0.1, 0.15) is 149 Å². The van der Waals surface area contributed by atoms with Gasteiger partial charge in [0.2, 0.25) is 5.91 Å². The van der Waals surface area contributed by atoms with Crippen LogP contribution in [0.3, 0.4) is 0 Å². The lowest BCUT2D eigenvalue weighted by Crippen LogP contribution is -2.46. The van der Waals surface area contributed by atoms with Gasteiger partial charge in [-0.1, -0.05) is 128 Å². The van der Waals surface area contributed by atoms with E-state index in [0.717, 1.165) is 51.4 Å². The minimum Gasteiger partial charge on any atom is -0.393 e. The monoisotopic (exact) mass is 646 g/mol. The molecule has 4 atom stereocenters. The average molecular weight is 647 g/mol. The second-order valence-corrected chi connectivity index (χ2v) is 13.4. The molecule has 0 saturated carbocycles. The summed E-state index contributed by atoms with van der Waals surface area (Å²) in [4.78, 5) is 22.5. The number of hydrogen-bond acceptors (Lipinski definition) is 7. The van der Waals surface area contributed by atoms with Crippen molar-refractivity contribution in [2.45, 2.75) is 167 Å². The first-order valence-corrected chi connectivity index (χ1v) is 19.0. The van der Waals surface area contributed by atoms with Crippen LogP contribution < -0.4 is 11.1 Å². The summed E-state index contributed by atoms with van der Waals surface area (Å²) < 4.78 is 21.9. The van der Waals surface area contributed by atoms with Gasteiger partial charge in [-0.3, -0.25) is 13.8 Å². The maximum atomic E-state index is 12.7. The Bertz CT molecular complexity index is 766. The number of phosphoric acid groups is 1. The molecule has 0 fully saturated rings. The molecule has 0 aromatic carbocycles. The first-order valence-electron chi connectivity index (χ1n) is 17.5. The lowest BCUT2D eigenvalue weighted by Gasteiger charge is -2.24. The standard InChI is InChI=1S/C34H67N2O7P/c1-3-5-7-9-11-13-14-15-16-18-20-22-24-26-33(38)32(30-43-44(40,41)42-28-27-35)36-34(39)29-31(37)25-23-21-19-17-12-10-8-6-4-2/h10,12,24,26,31-33,37-38H,3-9,11,13-23,25,27-30,35H2,1-2H3,(H,36,39)(H,40,41)/b12-10-,26-24+. The minimum atomic E-state index is -4.39. The Morgan fingerprint density at radius 3 is 1.89 bits per heavy atom. The molecule has 0 rings (SSSR count). The maximum absolute atomic E-state index is 12.7. The van der Waals surface area contributed by atoms with Crippen LogP contribution in [0.15, 0.2) is 24.3 Å². The van der Waals surface area contributed by atoms with Gasteiger partial charge in [-0.05, 0) is 38.5 Å². The quantitative estimate of drug-likeness (QED) is 0.0284. The number of rotatable bonds is 32. The maximum Gasteiger partial charge on any atom is 0.472 e. The number of nitrogens with two attached hydrogens (primary N) is 1. The van der Waals surface area contributed by atoms with Crippen molar-refractivity contribution in [1.29, 1.82) is 0 Å². The van der Waals surface area contributed by atoms with Crippen LogP contribution >= 0.6 is 7.82 Å². The number of aliphatic hydroxyl groups excluding tert-OH is 2. The van der Waals surface area contributed by atoms with Crippen LogP contribution in [0.25, 0.3) is 0 Å². The van der Waals surface area contributed by atoms with Crippen molar-refractivity contribution in [3.8, 4) is 0 Å². The first kappa shape index (κ1) is 42.9. The van der Waals surface area contributed by atoms with Crippen molar-refractivity contribution >= 4 is 13.7 Å². The number of hydrogen-bond donors (Lipinski definition) is 5. The van der Waals surface area contributed by atoms with Gasteiger partial charge < -0.3 is 26.2 Å². The zero-order chi connectivity index (χ0) is 32.7. The molecule has 0 bridgehead atoms. The molecule has 0 aromatic heterocycles. The lowest BCUT2D eigenvalue weighted by molar-refractivity contribution is -0.124. The second kappa shape index (κ2) is 30.6. The van der Waals surface area contributed by atoms with Gasteiger partial charge in [-0.15, -0.1) is 0 Å². The molecule has 44 heavy (non-hydrogen) atoms. The molecule has 4 unspecified atom stereocenters. The molecule has 0 radical (unpaired) electrons. The molecule has 6 N–H and O–H groups in total. The third-order valence-corrected chi connectivity index (χ3v) is 8.56. The van der Waals surface area contributed by atoms with Crippen LogP contribution in [-0.2, 0) is 18.4 Å². The van der Waals surface area contributed by atoms with Gasteiger partial charge >= 0.3 is 7.82 Å². The predicted octanol–water partition coefficient (Wildman–Crippen LogP) is 7.63. The topological polar surface area (TPSA) is 151 Å². The molecule has 0 aliphatic heterocycles. The van der Waals surface area contributed by atoms with E-state index in [1.165, 1.54) is 70.6 Å². The van der Waals surface area contributed by atoms with Crippen LogP contribution in [0, 0.1) is 0 Å². The smallest absolute Gasteiger partial charge is 0.393 e. The molecule has 260 valence electrons. The fraction of sp³-hybridized carbons (Fsp3) is 0.853. The Morgan fingerprint density at radius 1 is 0.773 bits per heavy atom. The third-order valence-electron chi connectivity index (χ3n) is 7.58. The van der Waals surface area contributed by atoms with Crippen molar-refractivity contribution in [2.75, 3.05) is 19.8 Å². The van der Waals surface area contributed by atoms with Crippen molar-refractivity contribution in [3.05, 3.63) is 24.3 Å². The molecule has 0 aliphatic carbocycles. The van der Waals surface area contributed by atoms with Crippen molar-refractivity contribution in [2.24, 2.45) is 5.73 Å². The molecule has 9 nitrogen and oxygen atoms in total. The van der Waals surface area contributed by atoms with Gasteiger partial charge in [-0.2, -0.15) is 0 Å². The molecule has 0 aromatic rings. The Hall–Kier alpha value is -1.06. The van der Waals surface area contributed by atoms with Crippen molar-refractivity contribution < 1.29 is 33.5 Å². The van der Waals surface area contributed by atoms with Gasteiger partial charge in [0.05, 0.1) is 37.9 Å². The fourth-order valence-corrected chi connectivity index (χ4v) is 5.62. The van der Waals surface area contributed by atoms with E-state index in [9.17, 15) is 24.5 Å². The van der Waals surface area contributed by atoms with E-state index in [0.29, 0.717) is 6.42 Å². The van der Waals surface area contributed by atoms with Gasteiger partial charge in [0.15, 0.2) is 0 Å². The molecular formula is C34H67N2O7P. The Labute approximate surface area is 269 Å². The minimum absolute atomic E-state index is 0.0477. The zero-order valence-electron chi connectivity index (χ0n) is 28.0. The molecule has 0 saturated heterocycles. The van der Waals surface area contributed by atoms with E-state index >= 15 is 0 Å². The van der Waals surface area contributed by atoms with E-state index < -0.39 is 38.6 Å². The highest BCUT2D eigenvalue weighted by Crippen LogP contribution is 2.43. The normalized spacial score (nSPS) is 15.5. The van der Waals surface area contributed by atoms with Gasteiger partial charge in [-0.25, -0.2) is 4.57 Å². The van der Waals surface area contributed by atoms with Crippen molar-refractivity contribution in [1.82, 2.24) is 5.32 Å². The third kappa shape index (κ3) is 28.4. The average Bonchev–Trinajstić information content (AvgIpc) is 2.99. The Balaban J connectivity index is 4.53.